The van der Waals surface area contributed by atoms with Crippen molar-refractivity contribution in [2.75, 3.05) is 38.7 Å². The minimum absolute atomic E-state index is 0.133. The molecule has 8 heteroatoms. The second-order valence-electron chi connectivity index (χ2n) is 8.20. The molecule has 30 heavy (non-hydrogen) atoms. The van der Waals surface area contributed by atoms with Crippen molar-refractivity contribution >= 4 is 17.8 Å². The number of hydrogen-bond acceptors (Lipinski definition) is 5. The first kappa shape index (κ1) is 20.6. The molecular weight excluding hydrogens is 386 g/mol. The van der Waals surface area contributed by atoms with Gasteiger partial charge in [-0.1, -0.05) is 0 Å². The number of nitrogens with zero attached hydrogens (tertiary/aromatic N) is 2. The summed E-state index contributed by atoms with van der Waals surface area (Å²) in [5, 5.41) is 2.98. The molecule has 0 unspecified atom stereocenters. The van der Waals surface area contributed by atoms with E-state index in [1.807, 2.05) is 23.1 Å². The number of carbonyl (C=O) groups is 2. The van der Waals surface area contributed by atoms with E-state index < -0.39 is 0 Å². The first-order chi connectivity index (χ1) is 14.6. The molecule has 2 aliphatic heterocycles. The summed E-state index contributed by atoms with van der Waals surface area (Å²) in [5.74, 6) is 1.35. The molecule has 164 valence electrons. The molecule has 3 amide bonds. The fourth-order valence-electron chi connectivity index (χ4n) is 4.52. The van der Waals surface area contributed by atoms with Crippen molar-refractivity contribution in [3.8, 4) is 11.5 Å². The van der Waals surface area contributed by atoms with Gasteiger partial charge in [0.25, 0.3) is 0 Å². The van der Waals surface area contributed by atoms with Crippen molar-refractivity contribution in [1.82, 2.24) is 9.80 Å². The highest BCUT2D eigenvalue weighted by Crippen LogP contribution is 2.34. The summed E-state index contributed by atoms with van der Waals surface area (Å²) in [6, 6.07) is 5.51. The third kappa shape index (κ3) is 4.74. The lowest BCUT2D eigenvalue weighted by Gasteiger charge is -2.39. The van der Waals surface area contributed by atoms with E-state index in [4.69, 9.17) is 14.2 Å². The Labute approximate surface area is 177 Å². The van der Waals surface area contributed by atoms with Gasteiger partial charge in [-0.05, 0) is 57.1 Å². The summed E-state index contributed by atoms with van der Waals surface area (Å²) in [6.45, 7) is 2.47. The Morgan fingerprint density at radius 3 is 2.53 bits per heavy atom. The molecular formula is C22H31N3O5. The van der Waals surface area contributed by atoms with Crippen LogP contribution in [-0.2, 0) is 4.74 Å². The molecule has 0 spiro atoms. The average molecular weight is 418 g/mol. The third-order valence-electron chi connectivity index (χ3n) is 6.21. The molecule has 1 N–H and O–H groups in total. The SMILES string of the molecule is COc1ccc(NC(=O)N2CCC(N3CCCOC3=O)CC2)cc1OC1CCCC1. The fraction of sp³-hybridized carbons (Fsp3) is 0.636. The Morgan fingerprint density at radius 2 is 1.83 bits per heavy atom. The van der Waals surface area contributed by atoms with Crippen LogP contribution in [0.15, 0.2) is 18.2 Å². The van der Waals surface area contributed by atoms with Gasteiger partial charge >= 0.3 is 12.1 Å². The lowest BCUT2D eigenvalue weighted by molar-refractivity contribution is 0.0418. The van der Waals surface area contributed by atoms with E-state index >= 15 is 0 Å². The summed E-state index contributed by atoms with van der Waals surface area (Å²) >= 11 is 0. The van der Waals surface area contributed by atoms with Crippen LogP contribution in [0.1, 0.15) is 44.9 Å². The lowest BCUT2D eigenvalue weighted by atomic mass is 10.0. The van der Waals surface area contributed by atoms with E-state index in [-0.39, 0.29) is 24.3 Å². The zero-order valence-electron chi connectivity index (χ0n) is 17.6. The molecule has 0 radical (unpaired) electrons. The highest BCUT2D eigenvalue weighted by molar-refractivity contribution is 5.89. The Bertz CT molecular complexity index is 757. The molecule has 8 nitrogen and oxygen atoms in total. The molecule has 2 saturated heterocycles. The van der Waals surface area contributed by atoms with Crippen LogP contribution in [0.4, 0.5) is 15.3 Å². The molecule has 1 aromatic rings. The van der Waals surface area contributed by atoms with Gasteiger partial charge in [-0.25, -0.2) is 9.59 Å². The molecule has 1 aliphatic carbocycles. The van der Waals surface area contributed by atoms with Crippen LogP contribution in [0.25, 0.3) is 0 Å². The largest absolute Gasteiger partial charge is 0.493 e. The van der Waals surface area contributed by atoms with Crippen molar-refractivity contribution in [3.05, 3.63) is 18.2 Å². The number of cyclic esters (lactones) is 1. The van der Waals surface area contributed by atoms with E-state index in [2.05, 4.69) is 5.32 Å². The van der Waals surface area contributed by atoms with Crippen LogP contribution < -0.4 is 14.8 Å². The maximum atomic E-state index is 12.8. The summed E-state index contributed by atoms with van der Waals surface area (Å²) < 4.78 is 16.7. The van der Waals surface area contributed by atoms with Gasteiger partial charge in [0.15, 0.2) is 11.5 Å². The Morgan fingerprint density at radius 1 is 1.07 bits per heavy atom. The Balaban J connectivity index is 1.33. The van der Waals surface area contributed by atoms with Crippen molar-refractivity contribution < 1.29 is 23.8 Å². The third-order valence-corrected chi connectivity index (χ3v) is 6.21. The monoisotopic (exact) mass is 417 g/mol. The number of amides is 3. The van der Waals surface area contributed by atoms with E-state index in [0.29, 0.717) is 36.9 Å². The number of urea groups is 1. The fourth-order valence-corrected chi connectivity index (χ4v) is 4.52. The van der Waals surface area contributed by atoms with Crippen LogP contribution in [0.2, 0.25) is 0 Å². The number of piperidine rings is 1. The lowest BCUT2D eigenvalue weighted by Crippen LogP contribution is -2.51. The normalized spacial score (nSPS) is 20.8. The van der Waals surface area contributed by atoms with Gasteiger partial charge < -0.3 is 29.3 Å². The zero-order chi connectivity index (χ0) is 20.9. The van der Waals surface area contributed by atoms with Gasteiger partial charge in [-0.2, -0.15) is 0 Å². The predicted octanol–water partition coefficient (Wildman–Crippen LogP) is 3.86. The van der Waals surface area contributed by atoms with Crippen molar-refractivity contribution in [2.24, 2.45) is 0 Å². The first-order valence-electron chi connectivity index (χ1n) is 11.0. The standard InChI is InChI=1S/C22H31N3O5/c1-28-19-8-7-16(15-20(19)30-18-5-2-3-6-18)23-21(26)24-12-9-17(10-13-24)25-11-4-14-29-22(25)27/h7-8,15,17-18H,2-6,9-14H2,1H3,(H,23,26). The smallest absolute Gasteiger partial charge is 0.410 e. The summed E-state index contributed by atoms with van der Waals surface area (Å²) in [7, 11) is 1.62. The number of nitrogens with one attached hydrogen (secondary N) is 1. The van der Waals surface area contributed by atoms with Crippen molar-refractivity contribution in [3.63, 3.8) is 0 Å². The van der Waals surface area contributed by atoms with Crippen molar-refractivity contribution in [2.45, 2.75) is 57.1 Å². The number of carbonyl (C=O) groups excluding carboxylic acids is 2. The summed E-state index contributed by atoms with van der Waals surface area (Å²) in [4.78, 5) is 28.3. The molecule has 0 aromatic heterocycles. The number of likely N-dealkylation sites (tertiary alicyclic amines) is 1. The average Bonchev–Trinajstić information content (AvgIpc) is 3.27. The minimum atomic E-state index is -0.225. The number of rotatable bonds is 5. The highest BCUT2D eigenvalue weighted by atomic mass is 16.6. The maximum absolute atomic E-state index is 12.8. The first-order valence-corrected chi connectivity index (χ1v) is 11.0. The number of methoxy groups -OCH3 is 1. The van der Waals surface area contributed by atoms with Crippen LogP contribution in [0.5, 0.6) is 11.5 Å². The van der Waals surface area contributed by atoms with Gasteiger partial charge in [-0.3, -0.25) is 0 Å². The van der Waals surface area contributed by atoms with Crippen LogP contribution in [0, 0.1) is 0 Å². The molecule has 4 rings (SSSR count). The molecule has 0 atom stereocenters. The zero-order valence-corrected chi connectivity index (χ0v) is 17.6. The van der Waals surface area contributed by atoms with E-state index in [1.165, 1.54) is 12.8 Å². The molecule has 1 aromatic carbocycles. The molecule has 3 aliphatic rings. The molecule has 1 saturated carbocycles. The summed E-state index contributed by atoms with van der Waals surface area (Å²) in [6.07, 6.45) is 6.88. The van der Waals surface area contributed by atoms with Gasteiger partial charge in [-0.15, -0.1) is 0 Å². The summed E-state index contributed by atoms with van der Waals surface area (Å²) in [5.41, 5.74) is 0.690. The van der Waals surface area contributed by atoms with E-state index in [9.17, 15) is 9.59 Å². The minimum Gasteiger partial charge on any atom is -0.493 e. The Hall–Kier alpha value is -2.64. The molecule has 3 fully saturated rings. The quantitative estimate of drug-likeness (QED) is 0.787. The Kier molecular flexibility index (Phi) is 6.50. The van der Waals surface area contributed by atoms with E-state index in [1.54, 1.807) is 12.0 Å². The van der Waals surface area contributed by atoms with Crippen molar-refractivity contribution in [1.29, 1.82) is 0 Å². The second-order valence-corrected chi connectivity index (χ2v) is 8.20. The number of benzene rings is 1. The van der Waals surface area contributed by atoms with Crippen LogP contribution >= 0.6 is 0 Å². The number of hydrogen-bond donors (Lipinski definition) is 1. The molecule has 2 heterocycles. The van der Waals surface area contributed by atoms with Crippen LogP contribution in [-0.4, -0.2) is 67.4 Å². The highest BCUT2D eigenvalue weighted by Gasteiger charge is 2.32. The van der Waals surface area contributed by atoms with Gasteiger partial charge in [0.2, 0.25) is 0 Å². The van der Waals surface area contributed by atoms with Gasteiger partial charge in [0, 0.05) is 37.4 Å². The van der Waals surface area contributed by atoms with Gasteiger partial charge in [0.1, 0.15) is 0 Å². The number of ether oxygens (including phenoxy) is 3. The molecule has 0 bridgehead atoms. The predicted molar refractivity (Wildman–Crippen MR) is 112 cm³/mol. The second kappa shape index (κ2) is 9.45. The van der Waals surface area contributed by atoms with E-state index in [0.717, 1.165) is 38.6 Å². The topological polar surface area (TPSA) is 80.3 Å². The number of anilines is 1. The maximum Gasteiger partial charge on any atom is 0.410 e. The van der Waals surface area contributed by atoms with Crippen LogP contribution in [0.3, 0.4) is 0 Å². The van der Waals surface area contributed by atoms with Gasteiger partial charge in [0.05, 0.1) is 19.8 Å².